The Bertz CT molecular complexity index is 342. The molecule has 3 nitrogen and oxygen atoms in total. The van der Waals surface area contributed by atoms with Gasteiger partial charge in [-0.2, -0.15) is 0 Å². The van der Waals surface area contributed by atoms with E-state index in [1.54, 1.807) is 0 Å². The van der Waals surface area contributed by atoms with Gasteiger partial charge in [0, 0.05) is 32.2 Å². The van der Waals surface area contributed by atoms with Crippen LogP contribution in [0.3, 0.4) is 0 Å². The van der Waals surface area contributed by atoms with Crippen molar-refractivity contribution in [3.63, 3.8) is 0 Å². The first kappa shape index (κ1) is 13.5. The molecule has 0 aliphatic carbocycles. The van der Waals surface area contributed by atoms with Crippen molar-refractivity contribution in [1.29, 1.82) is 0 Å². The molecular weight excluding hydrogens is 224 g/mol. The minimum Gasteiger partial charge on any atom is -0.392 e. The van der Waals surface area contributed by atoms with Crippen LogP contribution < -0.4 is 5.32 Å². The Morgan fingerprint density at radius 1 is 1.39 bits per heavy atom. The van der Waals surface area contributed by atoms with Crippen LogP contribution >= 0.6 is 0 Å². The minimum atomic E-state index is -0.201. The maximum atomic E-state index is 9.54. The highest BCUT2D eigenvalue weighted by Crippen LogP contribution is 2.13. The molecular formula is C15H24N2O. The van der Waals surface area contributed by atoms with Gasteiger partial charge in [0.25, 0.3) is 0 Å². The second-order valence-electron chi connectivity index (χ2n) is 5.18. The zero-order chi connectivity index (χ0) is 12.8. The van der Waals surface area contributed by atoms with E-state index in [9.17, 15) is 5.11 Å². The van der Waals surface area contributed by atoms with Crippen LogP contribution in [-0.2, 0) is 6.54 Å². The number of likely N-dealkylation sites (tertiary alicyclic amines) is 1. The van der Waals surface area contributed by atoms with Gasteiger partial charge in [-0.05, 0) is 18.4 Å². The summed E-state index contributed by atoms with van der Waals surface area (Å²) in [5, 5.41) is 13.0. The number of rotatable bonds is 6. The first-order chi connectivity index (χ1) is 8.78. The van der Waals surface area contributed by atoms with E-state index in [0.29, 0.717) is 6.04 Å². The molecule has 0 spiro atoms. The summed E-state index contributed by atoms with van der Waals surface area (Å²) in [5.74, 6) is 0. The van der Waals surface area contributed by atoms with Gasteiger partial charge in [-0.25, -0.2) is 0 Å². The number of nitrogens with zero attached hydrogens (tertiary/aromatic N) is 1. The van der Waals surface area contributed by atoms with Crippen LogP contribution in [-0.4, -0.2) is 41.8 Å². The lowest BCUT2D eigenvalue weighted by Crippen LogP contribution is -2.37. The van der Waals surface area contributed by atoms with E-state index in [1.807, 2.05) is 6.92 Å². The van der Waals surface area contributed by atoms with Crippen LogP contribution in [0.1, 0.15) is 25.3 Å². The lowest BCUT2D eigenvalue weighted by Gasteiger charge is -2.18. The maximum absolute atomic E-state index is 9.54. The molecule has 0 amide bonds. The highest BCUT2D eigenvalue weighted by molar-refractivity contribution is 5.14. The summed E-state index contributed by atoms with van der Waals surface area (Å²) >= 11 is 0. The molecule has 3 heteroatoms. The first-order valence-electron chi connectivity index (χ1n) is 6.95. The minimum absolute atomic E-state index is 0.201. The third kappa shape index (κ3) is 4.09. The van der Waals surface area contributed by atoms with E-state index in [-0.39, 0.29) is 6.10 Å². The van der Waals surface area contributed by atoms with Gasteiger partial charge in [-0.15, -0.1) is 0 Å². The summed E-state index contributed by atoms with van der Waals surface area (Å²) < 4.78 is 0. The maximum Gasteiger partial charge on any atom is 0.0662 e. The fraction of sp³-hybridized carbons (Fsp3) is 0.600. The predicted octanol–water partition coefficient (Wildman–Crippen LogP) is 1.62. The van der Waals surface area contributed by atoms with Crippen LogP contribution in [0.25, 0.3) is 0 Å². The smallest absolute Gasteiger partial charge is 0.0662 e. The van der Waals surface area contributed by atoms with E-state index in [1.165, 1.54) is 12.0 Å². The zero-order valence-electron chi connectivity index (χ0n) is 11.2. The van der Waals surface area contributed by atoms with E-state index in [0.717, 1.165) is 32.6 Å². The Morgan fingerprint density at radius 3 is 2.89 bits per heavy atom. The Morgan fingerprint density at radius 2 is 2.17 bits per heavy atom. The van der Waals surface area contributed by atoms with Crippen molar-refractivity contribution in [1.82, 2.24) is 10.2 Å². The van der Waals surface area contributed by atoms with Crippen LogP contribution in [0.15, 0.2) is 30.3 Å². The van der Waals surface area contributed by atoms with Gasteiger partial charge in [-0.1, -0.05) is 37.3 Å². The quantitative estimate of drug-likeness (QED) is 0.803. The normalized spacial score (nSPS) is 22.2. The Kier molecular flexibility index (Phi) is 5.17. The molecule has 2 rings (SSSR count). The summed E-state index contributed by atoms with van der Waals surface area (Å²) in [4.78, 5) is 2.48. The van der Waals surface area contributed by atoms with Gasteiger partial charge < -0.3 is 10.4 Å². The highest BCUT2D eigenvalue weighted by atomic mass is 16.3. The molecule has 1 aromatic carbocycles. The van der Waals surface area contributed by atoms with Crippen molar-refractivity contribution < 1.29 is 5.11 Å². The molecule has 2 N–H and O–H groups in total. The van der Waals surface area contributed by atoms with Crippen LogP contribution in [0.2, 0.25) is 0 Å². The summed E-state index contributed by atoms with van der Waals surface area (Å²) in [6.45, 7) is 6.01. The SMILES string of the molecule is CCC(O)CNC1CCN(Cc2ccccc2)C1. The van der Waals surface area contributed by atoms with Gasteiger partial charge in [0.1, 0.15) is 0 Å². The third-order valence-corrected chi connectivity index (χ3v) is 3.63. The van der Waals surface area contributed by atoms with E-state index < -0.39 is 0 Å². The largest absolute Gasteiger partial charge is 0.392 e. The van der Waals surface area contributed by atoms with E-state index in [4.69, 9.17) is 0 Å². The van der Waals surface area contributed by atoms with Crippen LogP contribution in [0.4, 0.5) is 0 Å². The molecule has 1 fully saturated rings. The topological polar surface area (TPSA) is 35.5 Å². The summed E-state index contributed by atoms with van der Waals surface area (Å²) in [6.07, 6.45) is 1.81. The van der Waals surface area contributed by atoms with Crippen molar-refractivity contribution >= 4 is 0 Å². The predicted molar refractivity (Wildman–Crippen MR) is 74.4 cm³/mol. The van der Waals surface area contributed by atoms with Crippen molar-refractivity contribution in [3.8, 4) is 0 Å². The first-order valence-corrected chi connectivity index (χ1v) is 6.95. The molecule has 1 heterocycles. The number of aliphatic hydroxyl groups is 1. The van der Waals surface area contributed by atoms with Gasteiger partial charge in [-0.3, -0.25) is 4.90 Å². The van der Waals surface area contributed by atoms with Crippen molar-refractivity contribution in [2.75, 3.05) is 19.6 Å². The average molecular weight is 248 g/mol. The molecule has 1 saturated heterocycles. The molecule has 0 aromatic heterocycles. The molecule has 1 aromatic rings. The Hall–Kier alpha value is -0.900. The standard InChI is InChI=1S/C15H24N2O/c1-2-15(18)10-16-14-8-9-17(12-14)11-13-6-4-3-5-7-13/h3-7,14-16,18H,2,8-12H2,1H3. The van der Waals surface area contributed by atoms with Crippen molar-refractivity contribution in [2.45, 2.75) is 38.5 Å². The monoisotopic (exact) mass is 248 g/mol. The van der Waals surface area contributed by atoms with Crippen molar-refractivity contribution in [2.24, 2.45) is 0 Å². The summed E-state index contributed by atoms with van der Waals surface area (Å²) in [5.41, 5.74) is 1.38. The molecule has 0 radical (unpaired) electrons. The third-order valence-electron chi connectivity index (χ3n) is 3.63. The van der Waals surface area contributed by atoms with Gasteiger partial charge in [0.2, 0.25) is 0 Å². The van der Waals surface area contributed by atoms with Crippen molar-refractivity contribution in [3.05, 3.63) is 35.9 Å². The number of benzene rings is 1. The fourth-order valence-electron chi connectivity index (χ4n) is 2.43. The number of nitrogens with one attached hydrogen (secondary N) is 1. The number of hydrogen-bond acceptors (Lipinski definition) is 3. The number of aliphatic hydroxyl groups excluding tert-OH is 1. The van der Waals surface area contributed by atoms with Gasteiger partial charge in [0.05, 0.1) is 6.10 Å². The summed E-state index contributed by atoms with van der Waals surface area (Å²) in [6, 6.07) is 11.2. The Balaban J connectivity index is 1.72. The van der Waals surface area contributed by atoms with E-state index in [2.05, 4.69) is 40.5 Å². The zero-order valence-corrected chi connectivity index (χ0v) is 11.2. The molecule has 2 atom stereocenters. The second kappa shape index (κ2) is 6.88. The molecule has 100 valence electrons. The molecule has 0 bridgehead atoms. The second-order valence-corrected chi connectivity index (χ2v) is 5.18. The van der Waals surface area contributed by atoms with Crippen LogP contribution in [0.5, 0.6) is 0 Å². The molecule has 1 aliphatic rings. The van der Waals surface area contributed by atoms with Gasteiger partial charge in [0.15, 0.2) is 0 Å². The lowest BCUT2D eigenvalue weighted by molar-refractivity contribution is 0.162. The highest BCUT2D eigenvalue weighted by Gasteiger charge is 2.22. The lowest BCUT2D eigenvalue weighted by atomic mass is 10.2. The van der Waals surface area contributed by atoms with Crippen LogP contribution in [0, 0.1) is 0 Å². The van der Waals surface area contributed by atoms with Gasteiger partial charge >= 0.3 is 0 Å². The summed E-state index contributed by atoms with van der Waals surface area (Å²) in [7, 11) is 0. The number of hydrogen-bond donors (Lipinski definition) is 2. The molecule has 1 aliphatic heterocycles. The molecule has 0 saturated carbocycles. The fourth-order valence-corrected chi connectivity index (χ4v) is 2.43. The molecule has 2 unspecified atom stereocenters. The Labute approximate surface area is 110 Å². The molecule has 18 heavy (non-hydrogen) atoms. The average Bonchev–Trinajstić information content (AvgIpc) is 2.85. The van der Waals surface area contributed by atoms with E-state index >= 15 is 0 Å².